The van der Waals surface area contributed by atoms with Crippen molar-refractivity contribution in [3.8, 4) is 0 Å². The molecule has 1 aromatic carbocycles. The molecule has 2 heterocycles. The first-order chi connectivity index (χ1) is 11.0. The summed E-state index contributed by atoms with van der Waals surface area (Å²) in [7, 11) is 0. The van der Waals surface area contributed by atoms with Crippen LogP contribution in [0, 0.1) is 12.7 Å². The SMILES string of the molecule is Cc1cccc2nc(CSC(C)c3ccc(F)cc3)cc(=O)n12. The summed E-state index contributed by atoms with van der Waals surface area (Å²) in [5, 5.41) is 0.202. The summed E-state index contributed by atoms with van der Waals surface area (Å²) >= 11 is 1.68. The predicted molar refractivity (Wildman–Crippen MR) is 92.3 cm³/mol. The van der Waals surface area contributed by atoms with Crippen molar-refractivity contribution < 1.29 is 4.39 Å². The fourth-order valence-corrected chi connectivity index (χ4v) is 3.40. The first kappa shape index (κ1) is 15.7. The van der Waals surface area contributed by atoms with Crippen LogP contribution in [0.2, 0.25) is 0 Å². The number of aromatic nitrogens is 2. The third-order valence-electron chi connectivity index (χ3n) is 3.75. The van der Waals surface area contributed by atoms with Gasteiger partial charge in [0.1, 0.15) is 11.5 Å². The number of benzene rings is 1. The minimum absolute atomic E-state index is 0.0573. The minimum Gasteiger partial charge on any atom is -0.269 e. The van der Waals surface area contributed by atoms with Gasteiger partial charge in [-0.05, 0) is 43.7 Å². The molecule has 0 aliphatic rings. The standard InChI is InChI=1S/C18H17FN2OS/c1-12-4-3-5-17-20-16(10-18(22)21(12)17)11-23-13(2)14-6-8-15(19)9-7-14/h3-10,13H,11H2,1-2H3. The topological polar surface area (TPSA) is 34.4 Å². The minimum atomic E-state index is -0.231. The van der Waals surface area contributed by atoms with E-state index in [0.29, 0.717) is 11.4 Å². The molecule has 5 heteroatoms. The van der Waals surface area contributed by atoms with Gasteiger partial charge in [0.2, 0.25) is 0 Å². The monoisotopic (exact) mass is 328 g/mol. The highest BCUT2D eigenvalue weighted by molar-refractivity contribution is 7.98. The summed E-state index contributed by atoms with van der Waals surface area (Å²) in [6.07, 6.45) is 0. The first-order valence-electron chi connectivity index (χ1n) is 7.40. The maximum atomic E-state index is 13.0. The molecule has 23 heavy (non-hydrogen) atoms. The predicted octanol–water partition coefficient (Wildman–Crippen LogP) is 4.14. The van der Waals surface area contributed by atoms with Gasteiger partial charge < -0.3 is 0 Å². The Morgan fingerprint density at radius 2 is 1.96 bits per heavy atom. The van der Waals surface area contributed by atoms with Gasteiger partial charge in [-0.3, -0.25) is 9.20 Å². The van der Waals surface area contributed by atoms with Gasteiger partial charge in [-0.1, -0.05) is 18.2 Å². The van der Waals surface area contributed by atoms with Crippen LogP contribution in [0.1, 0.15) is 29.1 Å². The number of hydrogen-bond donors (Lipinski definition) is 0. The largest absolute Gasteiger partial charge is 0.269 e. The number of thioether (sulfide) groups is 1. The molecule has 0 aliphatic carbocycles. The van der Waals surface area contributed by atoms with Crippen molar-refractivity contribution in [1.29, 1.82) is 0 Å². The zero-order valence-electron chi connectivity index (χ0n) is 13.0. The Bertz CT molecular complexity index is 890. The van der Waals surface area contributed by atoms with Gasteiger partial charge in [-0.25, -0.2) is 9.37 Å². The highest BCUT2D eigenvalue weighted by Crippen LogP contribution is 2.30. The van der Waals surface area contributed by atoms with Crippen LogP contribution in [0.5, 0.6) is 0 Å². The lowest BCUT2D eigenvalue weighted by molar-refractivity contribution is 0.627. The second kappa shape index (κ2) is 6.54. The quantitative estimate of drug-likeness (QED) is 0.722. The number of nitrogens with zero attached hydrogens (tertiary/aromatic N) is 2. The fourth-order valence-electron chi connectivity index (χ4n) is 2.48. The van der Waals surface area contributed by atoms with Gasteiger partial charge in [0.05, 0.1) is 5.69 Å². The molecular formula is C18H17FN2OS. The number of fused-ring (bicyclic) bond motifs is 1. The molecule has 0 fully saturated rings. The van der Waals surface area contributed by atoms with Crippen molar-refractivity contribution in [1.82, 2.24) is 9.38 Å². The van der Waals surface area contributed by atoms with E-state index < -0.39 is 0 Å². The maximum absolute atomic E-state index is 13.0. The molecule has 1 unspecified atom stereocenters. The van der Waals surface area contributed by atoms with Crippen LogP contribution in [-0.4, -0.2) is 9.38 Å². The van der Waals surface area contributed by atoms with Crippen LogP contribution < -0.4 is 5.56 Å². The average Bonchev–Trinajstić information content (AvgIpc) is 2.53. The summed E-state index contributed by atoms with van der Waals surface area (Å²) in [6, 6.07) is 13.7. The second-order valence-corrected chi connectivity index (χ2v) is 6.78. The molecule has 0 radical (unpaired) electrons. The summed E-state index contributed by atoms with van der Waals surface area (Å²) in [4.78, 5) is 16.8. The van der Waals surface area contributed by atoms with Gasteiger partial charge >= 0.3 is 0 Å². The van der Waals surface area contributed by atoms with Crippen molar-refractivity contribution >= 4 is 17.4 Å². The van der Waals surface area contributed by atoms with Gasteiger partial charge in [0.25, 0.3) is 5.56 Å². The van der Waals surface area contributed by atoms with Crippen LogP contribution >= 0.6 is 11.8 Å². The van der Waals surface area contributed by atoms with Crippen molar-refractivity contribution in [3.05, 3.63) is 81.7 Å². The van der Waals surface area contributed by atoms with Crippen molar-refractivity contribution in [3.63, 3.8) is 0 Å². The molecule has 2 aromatic heterocycles. The van der Waals surface area contributed by atoms with Gasteiger partial charge in [0, 0.05) is 22.8 Å². The molecule has 0 saturated heterocycles. The number of aryl methyl sites for hydroxylation is 1. The van der Waals surface area contributed by atoms with Crippen molar-refractivity contribution in [2.24, 2.45) is 0 Å². The number of halogens is 1. The lowest BCUT2D eigenvalue weighted by Gasteiger charge is -2.12. The summed E-state index contributed by atoms with van der Waals surface area (Å²) in [5.74, 6) is 0.406. The van der Waals surface area contributed by atoms with E-state index in [2.05, 4.69) is 11.9 Å². The number of pyridine rings is 1. The van der Waals surface area contributed by atoms with Crippen LogP contribution in [0.25, 0.3) is 5.65 Å². The normalized spacial score (nSPS) is 12.5. The molecule has 3 rings (SSSR count). The summed E-state index contributed by atoms with van der Waals surface area (Å²) in [5.41, 5.74) is 3.31. The zero-order chi connectivity index (χ0) is 16.4. The summed E-state index contributed by atoms with van der Waals surface area (Å²) < 4.78 is 14.6. The molecule has 3 aromatic rings. The molecule has 0 N–H and O–H groups in total. The van der Waals surface area contributed by atoms with Crippen LogP contribution in [0.4, 0.5) is 4.39 Å². The zero-order valence-corrected chi connectivity index (χ0v) is 13.8. The second-order valence-electron chi connectivity index (χ2n) is 5.45. The van der Waals surface area contributed by atoms with E-state index in [1.54, 1.807) is 34.4 Å². The maximum Gasteiger partial charge on any atom is 0.258 e. The third kappa shape index (κ3) is 3.45. The third-order valence-corrected chi connectivity index (χ3v) is 4.99. The van der Waals surface area contributed by atoms with Gasteiger partial charge in [-0.2, -0.15) is 0 Å². The lowest BCUT2D eigenvalue weighted by Crippen LogP contribution is -2.17. The Labute approximate surface area is 138 Å². The Kier molecular flexibility index (Phi) is 4.48. The lowest BCUT2D eigenvalue weighted by atomic mass is 10.2. The van der Waals surface area contributed by atoms with E-state index in [1.165, 1.54) is 12.1 Å². The molecule has 1 atom stereocenters. The van der Waals surface area contributed by atoms with Gasteiger partial charge in [-0.15, -0.1) is 11.8 Å². The van der Waals surface area contributed by atoms with E-state index in [0.717, 1.165) is 17.0 Å². The number of hydrogen-bond acceptors (Lipinski definition) is 3. The Morgan fingerprint density at radius 1 is 1.22 bits per heavy atom. The smallest absolute Gasteiger partial charge is 0.258 e. The van der Waals surface area contributed by atoms with Crippen LogP contribution in [0.15, 0.2) is 53.3 Å². The van der Waals surface area contributed by atoms with E-state index in [9.17, 15) is 9.18 Å². The Balaban J connectivity index is 1.79. The molecule has 0 bridgehead atoms. The highest BCUT2D eigenvalue weighted by Gasteiger charge is 2.09. The van der Waals surface area contributed by atoms with Crippen molar-refractivity contribution in [2.75, 3.05) is 0 Å². The molecule has 3 nitrogen and oxygen atoms in total. The van der Waals surface area contributed by atoms with E-state index in [-0.39, 0.29) is 16.6 Å². The Hall–Kier alpha value is -2.14. The highest BCUT2D eigenvalue weighted by atomic mass is 32.2. The van der Waals surface area contributed by atoms with Crippen LogP contribution in [0.3, 0.4) is 0 Å². The van der Waals surface area contributed by atoms with E-state index in [1.807, 2.05) is 25.1 Å². The molecule has 118 valence electrons. The van der Waals surface area contributed by atoms with Crippen LogP contribution in [-0.2, 0) is 5.75 Å². The molecule has 0 saturated carbocycles. The first-order valence-corrected chi connectivity index (χ1v) is 8.45. The fraction of sp³-hybridized carbons (Fsp3) is 0.222. The Morgan fingerprint density at radius 3 is 2.70 bits per heavy atom. The summed E-state index contributed by atoms with van der Waals surface area (Å²) in [6.45, 7) is 3.96. The number of rotatable bonds is 4. The average molecular weight is 328 g/mol. The van der Waals surface area contributed by atoms with Gasteiger partial charge in [0.15, 0.2) is 0 Å². The molecule has 0 aliphatic heterocycles. The molecular weight excluding hydrogens is 311 g/mol. The molecule has 0 spiro atoms. The molecule has 0 amide bonds. The van der Waals surface area contributed by atoms with E-state index in [4.69, 9.17) is 0 Å². The van der Waals surface area contributed by atoms with E-state index >= 15 is 0 Å². The van der Waals surface area contributed by atoms with Crippen molar-refractivity contribution in [2.45, 2.75) is 24.9 Å².